The highest BCUT2D eigenvalue weighted by Crippen LogP contribution is 2.29. The van der Waals surface area contributed by atoms with Gasteiger partial charge < -0.3 is 33.8 Å². The van der Waals surface area contributed by atoms with Gasteiger partial charge in [-0.1, -0.05) is 201 Å². The van der Waals surface area contributed by atoms with Crippen LogP contribution in [0.3, 0.4) is 0 Å². The molecular formula is C64H96NO9Si. The molecule has 1 fully saturated rings. The molecule has 2 N–H and O–H groups in total. The Morgan fingerprint density at radius 2 is 1.08 bits per heavy atom. The Morgan fingerprint density at radius 3 is 1.60 bits per heavy atom. The topological polar surface area (TPSA) is 130 Å². The number of amides is 1. The zero-order valence-electron chi connectivity index (χ0n) is 47.1. The maximum absolute atomic E-state index is 14.5. The van der Waals surface area contributed by atoms with Gasteiger partial charge in [0.25, 0.3) is 5.91 Å². The van der Waals surface area contributed by atoms with Crippen molar-refractivity contribution in [1.29, 1.82) is 0 Å². The van der Waals surface area contributed by atoms with Crippen LogP contribution in [0.25, 0.3) is 21.5 Å². The lowest BCUT2D eigenvalue weighted by molar-refractivity contribution is -0.259. The Balaban J connectivity index is 1.15. The minimum atomic E-state index is -1.42. The highest BCUT2D eigenvalue weighted by Gasteiger charge is 2.50. The highest BCUT2D eigenvalue weighted by atomic mass is 28.3. The van der Waals surface area contributed by atoms with Crippen LogP contribution >= 0.6 is 0 Å². The summed E-state index contributed by atoms with van der Waals surface area (Å²) >= 11 is 0. The molecule has 2 unspecified atom stereocenters. The van der Waals surface area contributed by atoms with E-state index >= 15 is 0 Å². The van der Waals surface area contributed by atoms with Crippen molar-refractivity contribution >= 4 is 48.4 Å². The molecule has 1 saturated heterocycles. The predicted molar refractivity (Wildman–Crippen MR) is 307 cm³/mol. The first-order valence-electron chi connectivity index (χ1n) is 29.4. The summed E-state index contributed by atoms with van der Waals surface area (Å²) in [6.45, 7) is 12.0. The highest BCUT2D eigenvalue weighted by molar-refractivity contribution is 6.48. The summed E-state index contributed by atoms with van der Waals surface area (Å²) in [5, 5.41) is 20.2. The van der Waals surface area contributed by atoms with Crippen LogP contribution in [0.4, 0.5) is 0 Å². The van der Waals surface area contributed by atoms with Crippen molar-refractivity contribution in [1.82, 2.24) is 5.32 Å². The second kappa shape index (κ2) is 34.6. The summed E-state index contributed by atoms with van der Waals surface area (Å²) in [6.07, 6.45) is 20.6. The number of hydrogen-bond acceptors (Lipinski definition) is 9. The van der Waals surface area contributed by atoms with Crippen molar-refractivity contribution in [3.8, 4) is 0 Å². The smallest absolute Gasteiger partial charge is 0.306 e. The lowest BCUT2D eigenvalue weighted by Gasteiger charge is -2.45. The van der Waals surface area contributed by atoms with E-state index in [0.29, 0.717) is 19.3 Å². The second-order valence-corrected chi connectivity index (χ2v) is 24.5. The van der Waals surface area contributed by atoms with Crippen LogP contribution in [0.2, 0.25) is 13.1 Å². The number of fused-ring (bicyclic) bond motifs is 2. The van der Waals surface area contributed by atoms with Crippen molar-refractivity contribution in [3.63, 3.8) is 0 Å². The third-order valence-electron chi connectivity index (χ3n) is 14.6. The molecule has 0 aromatic heterocycles. The number of aryl methyl sites for hydroxylation is 2. The average Bonchev–Trinajstić information content (AvgIpc) is 3.39. The van der Waals surface area contributed by atoms with Gasteiger partial charge in [0, 0.05) is 12.8 Å². The van der Waals surface area contributed by atoms with Crippen LogP contribution < -0.4 is 5.32 Å². The molecule has 415 valence electrons. The molecule has 75 heavy (non-hydrogen) atoms. The summed E-state index contributed by atoms with van der Waals surface area (Å²) in [7, 11) is -1.42. The number of carbonyl (C=O) groups is 3. The molecule has 6 atom stereocenters. The molecule has 5 rings (SSSR count). The van der Waals surface area contributed by atoms with Gasteiger partial charge in [-0.15, -0.1) is 0 Å². The Labute approximate surface area is 453 Å². The van der Waals surface area contributed by atoms with Gasteiger partial charge in [0.15, 0.2) is 18.5 Å². The van der Waals surface area contributed by atoms with E-state index in [2.05, 4.69) is 97.2 Å². The number of unbranched alkanes of at least 4 members (excludes halogenated alkanes) is 19. The number of hydrogen-bond donors (Lipinski definition) is 2. The van der Waals surface area contributed by atoms with Crippen LogP contribution in [0, 0.1) is 0 Å². The molecule has 4 aromatic rings. The van der Waals surface area contributed by atoms with Crippen LogP contribution in [-0.2, 0) is 50.6 Å². The number of rotatable bonds is 37. The Hall–Kier alpha value is -4.13. The van der Waals surface area contributed by atoms with Crippen molar-refractivity contribution in [2.45, 2.75) is 256 Å². The van der Waals surface area contributed by atoms with E-state index in [9.17, 15) is 19.5 Å². The standard InChI is InChI=1S/C64H96NO9Si/c1-7-8-9-10-11-12-13-14-21-26-45-55(71-57(66)46-27-22-17-15-19-24-35-49-39-33-41-51-37-29-31-43-53(49)51)62(69)65-59-61(60(68)56(48-70-64(2,3)4)72-63(59)74-75(5)6)73-58(67)47-28-23-18-16-20-25-36-50-40-34-42-52-38-30-32-44-54(50)52/h29-34,37-44,55-56,59-61,63,68H,7-28,35-36,45-48H2,1-6H3,(H,65,69)/t55?,56-,59-,60-,61-,63?/m1/s1. The molecule has 1 amide bonds. The van der Waals surface area contributed by atoms with Crippen LogP contribution in [0.5, 0.6) is 0 Å². The zero-order valence-corrected chi connectivity index (χ0v) is 48.1. The monoisotopic (exact) mass is 1050 g/mol. The summed E-state index contributed by atoms with van der Waals surface area (Å²) < 4.78 is 31.1. The third-order valence-corrected chi connectivity index (χ3v) is 15.3. The van der Waals surface area contributed by atoms with E-state index in [1.165, 1.54) is 71.2 Å². The molecule has 0 aliphatic carbocycles. The molecule has 0 spiro atoms. The zero-order chi connectivity index (χ0) is 53.7. The Morgan fingerprint density at radius 1 is 0.613 bits per heavy atom. The molecule has 0 saturated carbocycles. The van der Waals surface area contributed by atoms with E-state index in [4.69, 9.17) is 23.4 Å². The van der Waals surface area contributed by atoms with Crippen molar-refractivity contribution in [2.24, 2.45) is 0 Å². The fourth-order valence-corrected chi connectivity index (χ4v) is 11.0. The fraction of sp³-hybridized carbons (Fsp3) is 0.641. The Bertz CT molecular complexity index is 2230. The van der Waals surface area contributed by atoms with Gasteiger partial charge in [-0.05, 0) is 118 Å². The van der Waals surface area contributed by atoms with E-state index < -0.39 is 69.2 Å². The number of nitrogens with one attached hydrogen (secondary N) is 1. The van der Waals surface area contributed by atoms with E-state index in [-0.39, 0.29) is 19.4 Å². The van der Waals surface area contributed by atoms with Gasteiger partial charge >= 0.3 is 11.9 Å². The Kier molecular flexibility index (Phi) is 28.5. The fourth-order valence-electron chi connectivity index (χ4n) is 10.4. The molecule has 0 bridgehead atoms. The van der Waals surface area contributed by atoms with E-state index in [1.54, 1.807) is 0 Å². The molecule has 10 nitrogen and oxygen atoms in total. The largest absolute Gasteiger partial charge is 0.457 e. The van der Waals surface area contributed by atoms with E-state index in [0.717, 1.165) is 103 Å². The number of aliphatic hydroxyl groups is 1. The van der Waals surface area contributed by atoms with Gasteiger partial charge in [0.1, 0.15) is 18.2 Å². The number of ether oxygens (including phenoxy) is 4. The van der Waals surface area contributed by atoms with Gasteiger partial charge in [0.2, 0.25) is 9.04 Å². The lowest BCUT2D eigenvalue weighted by Crippen LogP contribution is -2.67. The number of esters is 2. The first kappa shape index (κ1) is 61.7. The predicted octanol–water partition coefficient (Wildman–Crippen LogP) is 15.0. The maximum atomic E-state index is 14.5. The summed E-state index contributed by atoms with van der Waals surface area (Å²) in [5.41, 5.74) is 2.26. The minimum Gasteiger partial charge on any atom is -0.457 e. The van der Waals surface area contributed by atoms with Crippen LogP contribution in [-0.4, -0.2) is 80.9 Å². The van der Waals surface area contributed by atoms with Crippen molar-refractivity contribution in [2.75, 3.05) is 6.61 Å². The first-order chi connectivity index (χ1) is 36.3. The van der Waals surface area contributed by atoms with Crippen LogP contribution in [0.15, 0.2) is 84.9 Å². The van der Waals surface area contributed by atoms with Gasteiger partial charge in [-0.3, -0.25) is 14.4 Å². The van der Waals surface area contributed by atoms with Crippen molar-refractivity contribution < 1.29 is 42.9 Å². The molecule has 1 radical (unpaired) electrons. The number of carbonyl (C=O) groups excluding carboxylic acids is 3. The molecule has 4 aromatic carbocycles. The van der Waals surface area contributed by atoms with Crippen molar-refractivity contribution in [3.05, 3.63) is 96.1 Å². The quantitative estimate of drug-likeness (QED) is 0.0258. The molecule has 1 heterocycles. The molecule has 1 aliphatic heterocycles. The minimum absolute atomic E-state index is 0.0271. The normalized spacial score (nSPS) is 18.4. The summed E-state index contributed by atoms with van der Waals surface area (Å²) in [6, 6.07) is 29.1. The average molecular weight is 1050 g/mol. The summed E-state index contributed by atoms with van der Waals surface area (Å²) in [4.78, 5) is 41.8. The second-order valence-electron chi connectivity index (χ2n) is 22.4. The molecular weight excluding hydrogens is 955 g/mol. The van der Waals surface area contributed by atoms with Gasteiger partial charge in [-0.2, -0.15) is 0 Å². The summed E-state index contributed by atoms with van der Waals surface area (Å²) in [5.74, 6) is -1.36. The number of aliphatic hydroxyl groups excluding tert-OH is 1. The number of benzene rings is 4. The first-order valence-corrected chi connectivity index (χ1v) is 31.8. The third kappa shape index (κ3) is 23.2. The van der Waals surface area contributed by atoms with Gasteiger partial charge in [-0.25, -0.2) is 0 Å². The maximum Gasteiger partial charge on any atom is 0.306 e. The molecule has 11 heteroatoms. The van der Waals surface area contributed by atoms with Gasteiger partial charge in [0.05, 0.1) is 12.2 Å². The molecule has 1 aliphatic rings. The van der Waals surface area contributed by atoms with Crippen LogP contribution in [0.1, 0.15) is 199 Å². The van der Waals surface area contributed by atoms with E-state index in [1.807, 2.05) is 33.9 Å². The SMILES string of the molecule is CCCCCCCCCCCCC(OC(=O)CCCCCCCCc1cccc2ccccc12)C(=O)N[C@H]1C(O[Si](C)C)O[C@H](COC(C)(C)C)[C@@H](O)[C@@H]1OC(=O)CCCCCCCCc1cccc2ccccc12. The lowest BCUT2D eigenvalue weighted by atomic mass is 9.95.